The lowest BCUT2D eigenvalue weighted by molar-refractivity contribution is -0.143. The van der Waals surface area contributed by atoms with Crippen molar-refractivity contribution in [2.45, 2.75) is 27.3 Å². The normalized spacial score (nSPS) is 11.0. The molecular formula is C25H22FN3O4. The van der Waals surface area contributed by atoms with Crippen molar-refractivity contribution in [2.24, 2.45) is 0 Å². The predicted octanol–water partition coefficient (Wildman–Crippen LogP) is 3.68. The number of hydrogen-bond donors (Lipinski definition) is 0. The summed E-state index contributed by atoms with van der Waals surface area (Å²) in [6.07, 6.45) is 1.14. The van der Waals surface area contributed by atoms with E-state index in [-0.39, 0.29) is 18.1 Å². The van der Waals surface area contributed by atoms with Crippen LogP contribution in [0.2, 0.25) is 0 Å². The van der Waals surface area contributed by atoms with Gasteiger partial charge in [0.1, 0.15) is 12.4 Å². The van der Waals surface area contributed by atoms with Gasteiger partial charge in [0.25, 0.3) is 5.56 Å². The Kier molecular flexibility index (Phi) is 5.91. The van der Waals surface area contributed by atoms with Gasteiger partial charge in [0.2, 0.25) is 5.78 Å². The number of nitrogens with zero attached hydrogens (tertiary/aromatic N) is 3. The maximum atomic E-state index is 14.0. The molecule has 0 bridgehead atoms. The molecule has 0 atom stereocenters. The number of para-hydroxylation sites is 2. The highest BCUT2D eigenvalue weighted by molar-refractivity contribution is 5.99. The lowest BCUT2D eigenvalue weighted by Crippen LogP contribution is -2.27. The molecule has 0 N–H and O–H groups in total. The summed E-state index contributed by atoms with van der Waals surface area (Å²) in [6.45, 7) is 4.44. The van der Waals surface area contributed by atoms with Gasteiger partial charge in [-0.25, -0.2) is 9.37 Å². The quantitative estimate of drug-likeness (QED) is 0.333. The summed E-state index contributed by atoms with van der Waals surface area (Å²) in [5.74, 6) is -1.43. The van der Waals surface area contributed by atoms with Gasteiger partial charge in [0, 0.05) is 22.6 Å². The molecule has 2 aromatic carbocycles. The Labute approximate surface area is 189 Å². The van der Waals surface area contributed by atoms with Gasteiger partial charge in [-0.1, -0.05) is 18.2 Å². The Morgan fingerprint density at radius 3 is 2.58 bits per heavy atom. The first kappa shape index (κ1) is 22.1. The van der Waals surface area contributed by atoms with Crippen molar-refractivity contribution in [3.8, 4) is 5.69 Å². The van der Waals surface area contributed by atoms with E-state index in [4.69, 9.17) is 4.74 Å². The third-order valence-corrected chi connectivity index (χ3v) is 5.55. The minimum Gasteiger partial charge on any atom is -0.456 e. The molecule has 168 valence electrons. The molecular weight excluding hydrogens is 425 g/mol. The molecule has 0 spiro atoms. The van der Waals surface area contributed by atoms with E-state index in [1.54, 1.807) is 60.9 Å². The van der Waals surface area contributed by atoms with Crippen LogP contribution in [0, 0.1) is 26.6 Å². The van der Waals surface area contributed by atoms with Crippen LogP contribution in [0.4, 0.5) is 4.39 Å². The van der Waals surface area contributed by atoms with Gasteiger partial charge in [-0.2, -0.15) is 0 Å². The second-order valence-electron chi connectivity index (χ2n) is 7.81. The number of carbonyl (C=O) groups excluding carboxylic acids is 2. The molecule has 4 aromatic rings. The van der Waals surface area contributed by atoms with Crippen LogP contribution in [0.1, 0.15) is 27.3 Å². The Balaban J connectivity index is 1.50. The molecule has 0 saturated carbocycles. The number of carbonyl (C=O) groups is 2. The molecule has 0 aliphatic rings. The molecule has 2 aromatic heterocycles. The molecule has 0 aliphatic carbocycles. The first-order chi connectivity index (χ1) is 15.8. The first-order valence-corrected chi connectivity index (χ1v) is 10.3. The lowest BCUT2D eigenvalue weighted by atomic mass is 10.1. The highest BCUT2D eigenvalue weighted by Crippen LogP contribution is 2.23. The smallest absolute Gasteiger partial charge is 0.326 e. The molecule has 7 nitrogen and oxygen atoms in total. The first-order valence-electron chi connectivity index (χ1n) is 10.3. The summed E-state index contributed by atoms with van der Waals surface area (Å²) in [5, 5.41) is 0. The Hall–Kier alpha value is -4.07. The van der Waals surface area contributed by atoms with Crippen LogP contribution in [0.25, 0.3) is 16.7 Å². The molecule has 0 fully saturated rings. The average Bonchev–Trinajstić information content (AvgIpc) is 3.10. The molecule has 0 saturated heterocycles. The number of hydrogen-bond acceptors (Lipinski definition) is 5. The van der Waals surface area contributed by atoms with Crippen LogP contribution in [0.3, 0.4) is 0 Å². The summed E-state index contributed by atoms with van der Waals surface area (Å²) in [5.41, 5.74) is 3.52. The zero-order chi connectivity index (χ0) is 23.7. The van der Waals surface area contributed by atoms with Crippen molar-refractivity contribution in [1.29, 1.82) is 0 Å². The number of halogens is 1. The Morgan fingerprint density at radius 2 is 1.82 bits per heavy atom. The molecule has 8 heteroatoms. The van der Waals surface area contributed by atoms with Crippen molar-refractivity contribution in [3.63, 3.8) is 0 Å². The van der Waals surface area contributed by atoms with Crippen LogP contribution < -0.4 is 5.56 Å². The van der Waals surface area contributed by atoms with Crippen LogP contribution in [0.5, 0.6) is 0 Å². The number of ketones is 1. The highest BCUT2D eigenvalue weighted by atomic mass is 19.1. The van der Waals surface area contributed by atoms with E-state index >= 15 is 0 Å². The van der Waals surface area contributed by atoms with Crippen molar-refractivity contribution in [2.75, 3.05) is 6.61 Å². The SMILES string of the molecule is Cc1ccc(-n2c(C)cc(C(=O)COC(=O)Cn3c(=O)cnc4ccccc43)c2C)cc1F. The summed E-state index contributed by atoms with van der Waals surface area (Å²) in [6, 6.07) is 13.5. The number of aromatic nitrogens is 3. The van der Waals surface area contributed by atoms with Gasteiger partial charge in [0.15, 0.2) is 6.61 Å². The topological polar surface area (TPSA) is 83.2 Å². The molecule has 4 rings (SSSR count). The number of fused-ring (bicyclic) bond motifs is 1. The van der Waals surface area contributed by atoms with Crippen molar-refractivity contribution >= 4 is 22.8 Å². The largest absolute Gasteiger partial charge is 0.456 e. The van der Waals surface area contributed by atoms with Gasteiger partial charge in [-0.15, -0.1) is 0 Å². The standard InChI is InChI=1S/C25H22FN3O4/c1-15-8-9-18(11-20(15)26)29-16(2)10-19(17(29)3)23(30)14-33-25(32)13-28-22-7-5-4-6-21(22)27-12-24(28)31/h4-12H,13-14H2,1-3H3. The van der Waals surface area contributed by atoms with Gasteiger partial charge in [-0.3, -0.25) is 19.0 Å². The second-order valence-corrected chi connectivity index (χ2v) is 7.81. The Bertz CT molecular complexity index is 1450. The number of ether oxygens (including phenoxy) is 1. The molecule has 2 heterocycles. The maximum absolute atomic E-state index is 14.0. The van der Waals surface area contributed by atoms with E-state index in [1.807, 2.05) is 6.92 Å². The van der Waals surface area contributed by atoms with E-state index in [1.165, 1.54) is 10.6 Å². The van der Waals surface area contributed by atoms with Crippen LogP contribution in [-0.4, -0.2) is 32.5 Å². The van der Waals surface area contributed by atoms with Gasteiger partial charge >= 0.3 is 5.97 Å². The number of rotatable bonds is 6. The number of aryl methyl sites for hydroxylation is 2. The minimum atomic E-state index is -0.712. The fourth-order valence-electron chi connectivity index (χ4n) is 3.84. The molecule has 0 amide bonds. The van der Waals surface area contributed by atoms with Gasteiger partial charge in [-0.05, 0) is 56.7 Å². The van der Waals surface area contributed by atoms with Crippen LogP contribution >= 0.6 is 0 Å². The third-order valence-electron chi connectivity index (χ3n) is 5.55. The highest BCUT2D eigenvalue weighted by Gasteiger charge is 2.19. The third kappa shape index (κ3) is 4.32. The average molecular weight is 447 g/mol. The van der Waals surface area contributed by atoms with Crippen molar-refractivity contribution in [1.82, 2.24) is 14.1 Å². The second kappa shape index (κ2) is 8.82. The molecule has 33 heavy (non-hydrogen) atoms. The van der Waals surface area contributed by atoms with E-state index in [0.717, 1.165) is 11.9 Å². The minimum absolute atomic E-state index is 0.333. The molecule has 0 unspecified atom stereocenters. The van der Waals surface area contributed by atoms with E-state index in [2.05, 4.69) is 4.98 Å². The van der Waals surface area contributed by atoms with E-state index < -0.39 is 18.1 Å². The monoisotopic (exact) mass is 447 g/mol. The number of esters is 1. The predicted molar refractivity (Wildman–Crippen MR) is 121 cm³/mol. The fraction of sp³-hybridized carbons (Fsp3) is 0.200. The summed E-state index contributed by atoms with van der Waals surface area (Å²) >= 11 is 0. The van der Waals surface area contributed by atoms with E-state index in [0.29, 0.717) is 33.5 Å². The summed E-state index contributed by atoms with van der Waals surface area (Å²) in [7, 11) is 0. The van der Waals surface area contributed by atoms with Gasteiger partial charge < -0.3 is 9.30 Å². The lowest BCUT2D eigenvalue weighted by Gasteiger charge is -2.11. The van der Waals surface area contributed by atoms with Crippen LogP contribution in [0.15, 0.2) is 59.5 Å². The van der Waals surface area contributed by atoms with Gasteiger partial charge in [0.05, 0.1) is 17.2 Å². The van der Waals surface area contributed by atoms with Crippen molar-refractivity contribution < 1.29 is 18.7 Å². The molecule has 0 radical (unpaired) electrons. The number of benzene rings is 2. The fourth-order valence-corrected chi connectivity index (χ4v) is 3.84. The number of Topliss-reactive ketones (excluding diaryl/α,β-unsaturated/α-hetero) is 1. The maximum Gasteiger partial charge on any atom is 0.326 e. The summed E-state index contributed by atoms with van der Waals surface area (Å²) < 4.78 is 22.2. The molecule has 0 aliphatic heterocycles. The zero-order valence-corrected chi connectivity index (χ0v) is 18.5. The van der Waals surface area contributed by atoms with Crippen molar-refractivity contribution in [3.05, 3.63) is 93.4 Å². The Morgan fingerprint density at radius 1 is 1.06 bits per heavy atom. The summed E-state index contributed by atoms with van der Waals surface area (Å²) in [4.78, 5) is 41.4. The van der Waals surface area contributed by atoms with Crippen LogP contribution in [-0.2, 0) is 16.1 Å². The van der Waals surface area contributed by atoms with E-state index in [9.17, 15) is 18.8 Å². The zero-order valence-electron chi connectivity index (χ0n) is 18.5.